The fraction of sp³-hybridized carbons (Fsp3) is 0.176. The molecule has 36 heavy (non-hydrogen) atoms. The van der Waals surface area contributed by atoms with Gasteiger partial charge in [0.1, 0.15) is 0 Å². The zero-order valence-corrected chi connectivity index (χ0v) is 22.6. The van der Waals surface area contributed by atoms with E-state index in [1.165, 1.54) is 61.2 Å². The number of fused-ring (bicyclic) bond motifs is 6. The third-order valence-electron chi connectivity index (χ3n) is 8.48. The van der Waals surface area contributed by atoms with Crippen molar-refractivity contribution in [3.8, 4) is 11.1 Å². The van der Waals surface area contributed by atoms with Crippen molar-refractivity contribution >= 4 is 43.8 Å². The van der Waals surface area contributed by atoms with Crippen LogP contribution >= 0.6 is 15.9 Å². The molecular weight excluding hydrogens is 502 g/mol. The largest absolute Gasteiger partial charge is 0.310 e. The monoisotopic (exact) mass is 529 g/mol. The van der Waals surface area contributed by atoms with Gasteiger partial charge in [0.2, 0.25) is 0 Å². The van der Waals surface area contributed by atoms with Crippen LogP contribution in [-0.4, -0.2) is 0 Å². The van der Waals surface area contributed by atoms with Crippen LogP contribution in [0.4, 0.5) is 17.1 Å². The molecule has 0 fully saturated rings. The molecule has 1 aliphatic heterocycles. The van der Waals surface area contributed by atoms with Crippen molar-refractivity contribution in [2.45, 2.75) is 38.5 Å². The van der Waals surface area contributed by atoms with Gasteiger partial charge in [0.05, 0.1) is 11.4 Å². The number of halogens is 1. The average Bonchev–Trinajstić information content (AvgIpc) is 3.10. The first-order valence-corrected chi connectivity index (χ1v) is 13.4. The smallest absolute Gasteiger partial charge is 0.0506 e. The van der Waals surface area contributed by atoms with Crippen molar-refractivity contribution in [3.05, 3.63) is 124 Å². The van der Waals surface area contributed by atoms with Gasteiger partial charge in [-0.3, -0.25) is 0 Å². The molecule has 0 amide bonds. The number of anilines is 3. The maximum Gasteiger partial charge on any atom is 0.0506 e. The minimum absolute atomic E-state index is 0.0383. The van der Waals surface area contributed by atoms with E-state index >= 15 is 0 Å². The Balaban J connectivity index is 1.54. The highest BCUT2D eigenvalue weighted by Gasteiger charge is 2.42. The number of para-hydroxylation sites is 1. The highest BCUT2D eigenvalue weighted by Crippen LogP contribution is 2.57. The molecule has 2 aliphatic rings. The molecule has 1 heterocycles. The molecular formula is C34H28BrN. The summed E-state index contributed by atoms with van der Waals surface area (Å²) < 4.78 is 1.11. The van der Waals surface area contributed by atoms with E-state index < -0.39 is 0 Å². The van der Waals surface area contributed by atoms with Gasteiger partial charge in [0.15, 0.2) is 0 Å². The first-order valence-electron chi connectivity index (χ1n) is 12.6. The Bertz CT molecular complexity index is 1710. The lowest BCUT2D eigenvalue weighted by molar-refractivity contribution is 0.627. The third-order valence-corrected chi connectivity index (χ3v) is 8.97. The van der Waals surface area contributed by atoms with E-state index in [4.69, 9.17) is 0 Å². The second-order valence-corrected chi connectivity index (χ2v) is 12.2. The van der Waals surface area contributed by atoms with Crippen LogP contribution < -0.4 is 4.90 Å². The van der Waals surface area contributed by atoms with Crippen LogP contribution in [0.2, 0.25) is 0 Å². The molecule has 0 atom stereocenters. The second-order valence-electron chi connectivity index (χ2n) is 11.2. The van der Waals surface area contributed by atoms with Crippen LogP contribution in [0.1, 0.15) is 49.9 Å². The maximum atomic E-state index is 3.62. The maximum absolute atomic E-state index is 3.62. The Hall–Kier alpha value is -3.36. The Morgan fingerprint density at radius 3 is 2.03 bits per heavy atom. The van der Waals surface area contributed by atoms with Crippen LogP contribution in [0.5, 0.6) is 0 Å². The van der Waals surface area contributed by atoms with Crippen molar-refractivity contribution in [2.75, 3.05) is 4.90 Å². The molecule has 0 unspecified atom stereocenters. The van der Waals surface area contributed by atoms with E-state index in [2.05, 4.69) is 146 Å². The molecule has 0 bridgehead atoms. The van der Waals surface area contributed by atoms with Crippen molar-refractivity contribution < 1.29 is 0 Å². The zero-order valence-electron chi connectivity index (χ0n) is 21.1. The molecule has 7 rings (SSSR count). The van der Waals surface area contributed by atoms with Gasteiger partial charge in [-0.1, -0.05) is 98.2 Å². The molecule has 0 saturated heterocycles. The lowest BCUT2D eigenvalue weighted by Crippen LogP contribution is -2.31. The Kier molecular flexibility index (Phi) is 4.46. The number of benzene rings is 5. The standard InChI is InChI=1S/C34H28BrN/c1-33(2)27-10-6-5-9-25(27)26-19-30-32(20-29(26)33)36(31-12-8-7-11-28(31)34(30,3)4)24-16-14-21-17-23(35)15-13-22(21)18-24/h5-20H,1-4H3. The lowest BCUT2D eigenvalue weighted by atomic mass is 9.72. The Morgan fingerprint density at radius 2 is 1.19 bits per heavy atom. The van der Waals surface area contributed by atoms with Crippen molar-refractivity contribution in [2.24, 2.45) is 0 Å². The molecule has 0 radical (unpaired) electrons. The van der Waals surface area contributed by atoms with E-state index in [0.29, 0.717) is 0 Å². The predicted octanol–water partition coefficient (Wildman–Crippen LogP) is 10.0. The second kappa shape index (κ2) is 7.33. The molecule has 2 heteroatoms. The van der Waals surface area contributed by atoms with E-state index in [0.717, 1.165) is 4.47 Å². The summed E-state index contributed by atoms with van der Waals surface area (Å²) in [7, 11) is 0. The van der Waals surface area contributed by atoms with Crippen LogP contribution in [0.15, 0.2) is 102 Å². The summed E-state index contributed by atoms with van der Waals surface area (Å²) in [6, 6.07) is 36.2. The van der Waals surface area contributed by atoms with E-state index in [9.17, 15) is 0 Å². The lowest BCUT2D eigenvalue weighted by Gasteiger charge is -2.43. The summed E-state index contributed by atoms with van der Waals surface area (Å²) in [5, 5.41) is 2.48. The van der Waals surface area contributed by atoms with Gasteiger partial charge in [0.25, 0.3) is 0 Å². The van der Waals surface area contributed by atoms with Gasteiger partial charge >= 0.3 is 0 Å². The first-order chi connectivity index (χ1) is 17.3. The van der Waals surface area contributed by atoms with Crippen LogP contribution in [0.3, 0.4) is 0 Å². The summed E-state index contributed by atoms with van der Waals surface area (Å²) in [4.78, 5) is 2.48. The fourth-order valence-corrected chi connectivity index (χ4v) is 6.89. The first kappa shape index (κ1) is 21.9. The topological polar surface area (TPSA) is 3.24 Å². The summed E-state index contributed by atoms with van der Waals surface area (Å²) in [5.41, 5.74) is 11.9. The van der Waals surface area contributed by atoms with Gasteiger partial charge in [-0.15, -0.1) is 0 Å². The predicted molar refractivity (Wildman–Crippen MR) is 156 cm³/mol. The fourth-order valence-electron chi connectivity index (χ4n) is 6.52. The molecule has 5 aromatic carbocycles. The molecule has 1 aliphatic carbocycles. The van der Waals surface area contributed by atoms with Crippen LogP contribution in [-0.2, 0) is 10.8 Å². The Labute approximate surface area is 221 Å². The minimum Gasteiger partial charge on any atom is -0.310 e. The zero-order chi connectivity index (χ0) is 24.8. The van der Waals surface area contributed by atoms with Gasteiger partial charge < -0.3 is 4.90 Å². The van der Waals surface area contributed by atoms with Gasteiger partial charge in [-0.05, 0) is 86.6 Å². The van der Waals surface area contributed by atoms with Gasteiger partial charge in [-0.2, -0.15) is 0 Å². The summed E-state index contributed by atoms with van der Waals surface area (Å²) in [6.07, 6.45) is 0. The Morgan fingerprint density at radius 1 is 0.528 bits per heavy atom. The molecule has 176 valence electrons. The third kappa shape index (κ3) is 2.88. The number of hydrogen-bond donors (Lipinski definition) is 0. The van der Waals surface area contributed by atoms with Crippen molar-refractivity contribution in [1.29, 1.82) is 0 Å². The molecule has 0 aromatic heterocycles. The van der Waals surface area contributed by atoms with Crippen molar-refractivity contribution in [1.82, 2.24) is 0 Å². The van der Waals surface area contributed by atoms with Crippen molar-refractivity contribution in [3.63, 3.8) is 0 Å². The summed E-state index contributed by atoms with van der Waals surface area (Å²) in [6.45, 7) is 9.48. The summed E-state index contributed by atoms with van der Waals surface area (Å²) >= 11 is 3.62. The van der Waals surface area contributed by atoms with Crippen LogP contribution in [0.25, 0.3) is 21.9 Å². The quantitative estimate of drug-likeness (QED) is 0.208. The molecule has 5 aromatic rings. The minimum atomic E-state index is -0.110. The molecule has 0 N–H and O–H groups in total. The van der Waals surface area contributed by atoms with E-state index in [1.54, 1.807) is 0 Å². The number of nitrogens with zero attached hydrogens (tertiary/aromatic N) is 1. The van der Waals surface area contributed by atoms with E-state index in [1.807, 2.05) is 0 Å². The number of rotatable bonds is 1. The highest BCUT2D eigenvalue weighted by molar-refractivity contribution is 9.10. The molecule has 0 spiro atoms. The molecule has 1 nitrogen and oxygen atoms in total. The van der Waals surface area contributed by atoms with Crippen LogP contribution in [0, 0.1) is 0 Å². The van der Waals surface area contributed by atoms with Gasteiger partial charge in [-0.25, -0.2) is 0 Å². The summed E-state index contributed by atoms with van der Waals surface area (Å²) in [5.74, 6) is 0. The normalized spacial score (nSPS) is 16.3. The average molecular weight is 531 g/mol. The highest BCUT2D eigenvalue weighted by atomic mass is 79.9. The number of hydrogen-bond acceptors (Lipinski definition) is 1. The van der Waals surface area contributed by atoms with Gasteiger partial charge in [0, 0.05) is 21.0 Å². The molecule has 0 saturated carbocycles. The SMILES string of the molecule is CC1(C)c2ccccc2-c2cc3c(cc21)N(c1ccc2cc(Br)ccc2c1)c1ccccc1C3(C)C. The van der Waals surface area contributed by atoms with E-state index in [-0.39, 0.29) is 10.8 Å².